The quantitative estimate of drug-likeness (QED) is 0.158. The van der Waals surface area contributed by atoms with Gasteiger partial charge in [-0.05, 0) is 61.9 Å². The van der Waals surface area contributed by atoms with Gasteiger partial charge in [0.05, 0.1) is 6.04 Å². The average Bonchev–Trinajstić information content (AvgIpc) is 3.40. The lowest BCUT2D eigenvalue weighted by Gasteiger charge is -2.25. The maximum absolute atomic E-state index is 13.3. The number of benzene rings is 1. The molecule has 0 saturated carbocycles. The highest BCUT2D eigenvalue weighted by Crippen LogP contribution is 2.13. The van der Waals surface area contributed by atoms with Crippen LogP contribution < -0.4 is 21.3 Å². The van der Waals surface area contributed by atoms with Gasteiger partial charge in [-0.15, -0.1) is 0 Å². The maximum atomic E-state index is 13.3. The van der Waals surface area contributed by atoms with Crippen LogP contribution in [0.15, 0.2) is 24.3 Å². The molecule has 4 atom stereocenters. The predicted octanol–water partition coefficient (Wildman–Crippen LogP) is -0.156. The van der Waals surface area contributed by atoms with Crippen molar-refractivity contribution in [2.24, 2.45) is 0 Å². The second-order valence-corrected chi connectivity index (χ2v) is 9.74. The van der Waals surface area contributed by atoms with Crippen LogP contribution in [0.3, 0.4) is 0 Å². The summed E-state index contributed by atoms with van der Waals surface area (Å²) in [5.74, 6) is -3.78. The van der Waals surface area contributed by atoms with E-state index in [0.29, 0.717) is 24.3 Å². The van der Waals surface area contributed by atoms with Gasteiger partial charge in [0.2, 0.25) is 17.7 Å². The third kappa shape index (κ3) is 10.3. The third-order valence-electron chi connectivity index (χ3n) is 5.89. The van der Waals surface area contributed by atoms with Crippen molar-refractivity contribution in [2.75, 3.05) is 18.6 Å². The highest BCUT2D eigenvalue weighted by Gasteiger charge is 2.31. The summed E-state index contributed by atoms with van der Waals surface area (Å²) in [6, 6.07) is 2.16. The molecule has 12 nitrogen and oxygen atoms in total. The summed E-state index contributed by atoms with van der Waals surface area (Å²) in [6.07, 6.45) is 2.79. The molecule has 13 heteroatoms. The van der Waals surface area contributed by atoms with Crippen LogP contribution in [0.1, 0.15) is 37.7 Å². The SMILES string of the molecule is CSCCC(NC(=O)C(Cc1ccc(O)cc1)NC(=O)C1CCCN1)C(=O)NC(CCC(=O)O)C(=O)O. The van der Waals surface area contributed by atoms with E-state index in [9.17, 15) is 34.2 Å². The Labute approximate surface area is 219 Å². The second-order valence-electron chi connectivity index (χ2n) is 8.76. The first-order chi connectivity index (χ1) is 17.6. The number of thioether (sulfide) groups is 1. The van der Waals surface area contributed by atoms with Gasteiger partial charge in [0, 0.05) is 12.8 Å². The number of rotatable bonds is 15. The molecule has 4 unspecified atom stereocenters. The lowest BCUT2D eigenvalue weighted by atomic mass is 10.0. The van der Waals surface area contributed by atoms with E-state index in [0.717, 1.165) is 6.42 Å². The van der Waals surface area contributed by atoms with Gasteiger partial charge in [-0.3, -0.25) is 19.2 Å². The van der Waals surface area contributed by atoms with Crippen LogP contribution in [0.4, 0.5) is 0 Å². The van der Waals surface area contributed by atoms with Gasteiger partial charge in [-0.2, -0.15) is 11.8 Å². The van der Waals surface area contributed by atoms with Gasteiger partial charge in [0.15, 0.2) is 0 Å². The molecule has 0 aromatic heterocycles. The van der Waals surface area contributed by atoms with Crippen LogP contribution in [-0.4, -0.2) is 87.7 Å². The summed E-state index contributed by atoms with van der Waals surface area (Å²) >= 11 is 1.43. The second kappa shape index (κ2) is 15.1. The van der Waals surface area contributed by atoms with Crippen molar-refractivity contribution in [3.8, 4) is 5.75 Å². The number of carboxylic acids is 2. The van der Waals surface area contributed by atoms with Crippen molar-refractivity contribution >= 4 is 41.4 Å². The Hall–Kier alpha value is -3.32. The normalized spacial score (nSPS) is 17.3. The molecule has 1 aliphatic heterocycles. The Morgan fingerprint density at radius 2 is 1.62 bits per heavy atom. The molecule has 204 valence electrons. The first-order valence-electron chi connectivity index (χ1n) is 12.0. The number of phenols is 1. The summed E-state index contributed by atoms with van der Waals surface area (Å²) in [5.41, 5.74) is 0.669. The number of hydrogen-bond donors (Lipinski definition) is 7. The summed E-state index contributed by atoms with van der Waals surface area (Å²) < 4.78 is 0. The summed E-state index contributed by atoms with van der Waals surface area (Å²) in [4.78, 5) is 61.3. The molecule has 7 N–H and O–H groups in total. The lowest BCUT2D eigenvalue weighted by Crippen LogP contribution is -2.57. The van der Waals surface area contributed by atoms with Crippen molar-refractivity contribution in [1.29, 1.82) is 0 Å². The Kier molecular flexibility index (Phi) is 12.2. The molecular formula is C24H34N4O8S. The minimum absolute atomic E-state index is 0.0497. The van der Waals surface area contributed by atoms with Crippen molar-refractivity contribution < 1.29 is 39.3 Å². The molecule has 3 amide bonds. The zero-order valence-electron chi connectivity index (χ0n) is 20.6. The van der Waals surface area contributed by atoms with Crippen LogP contribution in [0.5, 0.6) is 5.75 Å². The van der Waals surface area contributed by atoms with Crippen LogP contribution in [0, 0.1) is 0 Å². The van der Waals surface area contributed by atoms with Gasteiger partial charge in [-0.1, -0.05) is 12.1 Å². The Morgan fingerprint density at radius 1 is 0.973 bits per heavy atom. The fourth-order valence-corrected chi connectivity index (χ4v) is 4.30. The predicted molar refractivity (Wildman–Crippen MR) is 136 cm³/mol. The zero-order chi connectivity index (χ0) is 27.4. The molecule has 1 aliphatic rings. The summed E-state index contributed by atoms with van der Waals surface area (Å²) in [7, 11) is 0. The number of carboxylic acid groups (broad SMARTS) is 2. The fourth-order valence-electron chi connectivity index (χ4n) is 3.83. The lowest BCUT2D eigenvalue weighted by molar-refractivity contribution is -0.143. The minimum atomic E-state index is -1.43. The van der Waals surface area contributed by atoms with E-state index < -0.39 is 54.3 Å². The molecule has 1 heterocycles. The molecule has 1 aromatic carbocycles. The third-order valence-corrected chi connectivity index (χ3v) is 6.53. The molecule has 0 aliphatic carbocycles. The maximum Gasteiger partial charge on any atom is 0.326 e. The molecule has 1 saturated heterocycles. The number of amides is 3. The number of aromatic hydroxyl groups is 1. The fraction of sp³-hybridized carbons (Fsp3) is 0.542. The van der Waals surface area contributed by atoms with Crippen LogP contribution in [0.25, 0.3) is 0 Å². The summed E-state index contributed by atoms with van der Waals surface area (Å²) in [6.45, 7) is 0.691. The molecular weight excluding hydrogens is 504 g/mol. The van der Waals surface area contributed by atoms with E-state index in [2.05, 4.69) is 21.3 Å². The number of phenolic OH excluding ortho intramolecular Hbond substituents is 1. The molecule has 0 radical (unpaired) electrons. The minimum Gasteiger partial charge on any atom is -0.508 e. The molecule has 2 rings (SSSR count). The largest absolute Gasteiger partial charge is 0.508 e. The summed E-state index contributed by atoms with van der Waals surface area (Å²) in [5, 5.41) is 38.5. The van der Waals surface area contributed by atoms with Gasteiger partial charge >= 0.3 is 11.9 Å². The van der Waals surface area contributed by atoms with E-state index in [-0.39, 0.29) is 30.9 Å². The standard InChI is InChI=1S/C24H34N4O8S/c1-37-12-10-17(22(33)27-18(24(35)36)8-9-20(30)31)26-23(34)19(13-14-4-6-15(29)7-5-14)28-21(32)16-3-2-11-25-16/h4-7,16-19,25,29H,2-3,8-13H2,1H3,(H,26,34)(H,27,33)(H,28,32)(H,30,31)(H,35,36). The monoisotopic (exact) mass is 538 g/mol. The number of carbonyl (C=O) groups excluding carboxylic acids is 3. The van der Waals surface area contributed by atoms with E-state index in [1.165, 1.54) is 23.9 Å². The van der Waals surface area contributed by atoms with Crippen LogP contribution >= 0.6 is 11.8 Å². The Balaban J connectivity index is 2.17. The van der Waals surface area contributed by atoms with E-state index in [1.54, 1.807) is 12.1 Å². The smallest absolute Gasteiger partial charge is 0.326 e. The van der Waals surface area contributed by atoms with Gasteiger partial charge in [0.1, 0.15) is 23.9 Å². The van der Waals surface area contributed by atoms with Crippen molar-refractivity contribution in [2.45, 2.75) is 62.7 Å². The topological polar surface area (TPSA) is 194 Å². The molecule has 0 bridgehead atoms. The first kappa shape index (κ1) is 29.9. The number of hydrogen-bond acceptors (Lipinski definition) is 8. The molecule has 1 fully saturated rings. The van der Waals surface area contributed by atoms with Gasteiger partial charge in [-0.25, -0.2) is 4.79 Å². The number of carbonyl (C=O) groups is 5. The highest BCUT2D eigenvalue weighted by molar-refractivity contribution is 7.98. The number of nitrogens with one attached hydrogen (secondary N) is 4. The van der Waals surface area contributed by atoms with Crippen molar-refractivity contribution in [3.63, 3.8) is 0 Å². The van der Waals surface area contributed by atoms with Crippen molar-refractivity contribution in [3.05, 3.63) is 29.8 Å². The van der Waals surface area contributed by atoms with E-state index in [1.807, 2.05) is 6.26 Å². The molecule has 37 heavy (non-hydrogen) atoms. The zero-order valence-corrected chi connectivity index (χ0v) is 21.4. The highest BCUT2D eigenvalue weighted by atomic mass is 32.2. The Bertz CT molecular complexity index is 953. The van der Waals surface area contributed by atoms with E-state index in [4.69, 9.17) is 5.11 Å². The average molecular weight is 539 g/mol. The van der Waals surface area contributed by atoms with Crippen molar-refractivity contribution in [1.82, 2.24) is 21.3 Å². The first-order valence-corrected chi connectivity index (χ1v) is 13.4. The van der Waals surface area contributed by atoms with Gasteiger partial charge in [0.25, 0.3) is 0 Å². The molecule has 1 aromatic rings. The molecule has 0 spiro atoms. The number of aliphatic carboxylic acids is 2. The van der Waals surface area contributed by atoms with Crippen LogP contribution in [0.2, 0.25) is 0 Å². The van der Waals surface area contributed by atoms with Gasteiger partial charge < -0.3 is 36.6 Å². The van der Waals surface area contributed by atoms with Crippen LogP contribution in [-0.2, 0) is 30.4 Å². The Morgan fingerprint density at radius 3 is 2.19 bits per heavy atom. The van der Waals surface area contributed by atoms with E-state index >= 15 is 0 Å².